The molecule has 0 amide bonds. The largest absolute Gasteiger partial charge is 0.381 e. The highest BCUT2D eigenvalue weighted by molar-refractivity contribution is 9.10. The summed E-state index contributed by atoms with van der Waals surface area (Å²) in [5.74, 6) is 0. The highest BCUT2D eigenvalue weighted by atomic mass is 79.9. The van der Waals surface area contributed by atoms with E-state index < -0.39 is 0 Å². The van der Waals surface area contributed by atoms with Crippen molar-refractivity contribution in [2.75, 3.05) is 19.0 Å². The van der Waals surface area contributed by atoms with E-state index in [4.69, 9.17) is 4.74 Å². The van der Waals surface area contributed by atoms with E-state index in [0.717, 1.165) is 5.69 Å². The van der Waals surface area contributed by atoms with Gasteiger partial charge >= 0.3 is 0 Å². The lowest BCUT2D eigenvalue weighted by molar-refractivity contribution is -0.385. The summed E-state index contributed by atoms with van der Waals surface area (Å²) in [4.78, 5) is 10.4. The molecule has 0 spiro atoms. The molecule has 100 valence electrons. The van der Waals surface area contributed by atoms with Crippen LogP contribution in [0.2, 0.25) is 0 Å². The minimum absolute atomic E-state index is 0.110. The molecule has 0 heterocycles. The van der Waals surface area contributed by atoms with E-state index in [2.05, 4.69) is 21.2 Å². The van der Waals surface area contributed by atoms with Gasteiger partial charge in [-0.15, -0.1) is 0 Å². The molecule has 0 fully saturated rings. The van der Waals surface area contributed by atoms with Crippen molar-refractivity contribution < 1.29 is 9.66 Å². The average Bonchev–Trinajstić information content (AvgIpc) is 2.29. The van der Waals surface area contributed by atoms with Crippen molar-refractivity contribution in [1.29, 1.82) is 0 Å². The van der Waals surface area contributed by atoms with Gasteiger partial charge in [-0.2, -0.15) is 0 Å². The van der Waals surface area contributed by atoms with E-state index in [1.165, 1.54) is 6.07 Å². The van der Waals surface area contributed by atoms with Gasteiger partial charge in [-0.3, -0.25) is 10.1 Å². The number of nitrogens with one attached hydrogen (secondary N) is 1. The van der Waals surface area contributed by atoms with Crippen molar-refractivity contribution in [3.05, 3.63) is 32.3 Å². The molecule has 0 unspecified atom stereocenters. The second-order valence-corrected chi connectivity index (χ2v) is 5.55. The molecule has 18 heavy (non-hydrogen) atoms. The molecule has 0 aromatic heterocycles. The van der Waals surface area contributed by atoms with E-state index in [9.17, 15) is 10.1 Å². The Bertz CT molecular complexity index is 461. The third-order valence-electron chi connectivity index (χ3n) is 2.74. The number of rotatable bonds is 5. The number of hydrogen-bond acceptors (Lipinski definition) is 4. The summed E-state index contributed by atoms with van der Waals surface area (Å²) in [6.07, 6.45) is 0. The number of halogens is 1. The average molecular weight is 317 g/mol. The van der Waals surface area contributed by atoms with Crippen LogP contribution in [0, 0.1) is 17.0 Å². The third kappa shape index (κ3) is 3.68. The number of anilines is 1. The number of aryl methyl sites for hydroxylation is 1. The molecule has 0 saturated heterocycles. The van der Waals surface area contributed by atoms with Crippen LogP contribution >= 0.6 is 15.9 Å². The number of nitro groups is 1. The second kappa shape index (κ2) is 5.67. The van der Waals surface area contributed by atoms with Gasteiger partial charge in [-0.05, 0) is 42.8 Å². The fraction of sp³-hybridized carbons (Fsp3) is 0.500. The SMILES string of the molecule is COC(C)(C)CNc1cc(C)c([N+](=O)[O-])cc1Br. The first-order valence-corrected chi connectivity index (χ1v) is 6.29. The Morgan fingerprint density at radius 3 is 2.61 bits per heavy atom. The molecule has 1 aromatic carbocycles. The maximum absolute atomic E-state index is 10.8. The Morgan fingerprint density at radius 2 is 2.11 bits per heavy atom. The van der Waals surface area contributed by atoms with Crippen LogP contribution in [-0.4, -0.2) is 24.2 Å². The first-order valence-electron chi connectivity index (χ1n) is 5.50. The first-order chi connectivity index (χ1) is 8.26. The quantitative estimate of drug-likeness (QED) is 0.667. The Morgan fingerprint density at radius 1 is 1.50 bits per heavy atom. The van der Waals surface area contributed by atoms with Crippen LogP contribution in [-0.2, 0) is 4.74 Å². The zero-order valence-electron chi connectivity index (χ0n) is 10.9. The van der Waals surface area contributed by atoms with Crippen molar-refractivity contribution in [3.63, 3.8) is 0 Å². The lowest BCUT2D eigenvalue weighted by Gasteiger charge is -2.24. The maximum Gasteiger partial charge on any atom is 0.273 e. The lowest BCUT2D eigenvalue weighted by Crippen LogP contribution is -2.32. The topological polar surface area (TPSA) is 64.4 Å². The van der Waals surface area contributed by atoms with Gasteiger partial charge < -0.3 is 10.1 Å². The first kappa shape index (κ1) is 14.9. The molecular formula is C12H17BrN2O3. The van der Waals surface area contributed by atoms with Gasteiger partial charge in [0.25, 0.3) is 5.69 Å². The highest BCUT2D eigenvalue weighted by Gasteiger charge is 2.18. The smallest absolute Gasteiger partial charge is 0.273 e. The van der Waals surface area contributed by atoms with Gasteiger partial charge in [-0.25, -0.2) is 0 Å². The molecule has 6 heteroatoms. The van der Waals surface area contributed by atoms with Gasteiger partial charge in [0.15, 0.2) is 0 Å². The zero-order chi connectivity index (χ0) is 13.9. The van der Waals surface area contributed by atoms with Gasteiger partial charge in [-0.1, -0.05) is 0 Å². The van der Waals surface area contributed by atoms with E-state index in [0.29, 0.717) is 16.6 Å². The van der Waals surface area contributed by atoms with E-state index >= 15 is 0 Å². The van der Waals surface area contributed by atoms with E-state index in [1.54, 1.807) is 20.1 Å². The molecule has 1 N–H and O–H groups in total. The third-order valence-corrected chi connectivity index (χ3v) is 3.40. The summed E-state index contributed by atoms with van der Waals surface area (Å²) in [5.41, 5.74) is 1.26. The minimum atomic E-state index is -0.386. The van der Waals surface area contributed by atoms with Crippen molar-refractivity contribution in [3.8, 4) is 0 Å². The van der Waals surface area contributed by atoms with Gasteiger partial charge in [0.1, 0.15) is 0 Å². The summed E-state index contributed by atoms with van der Waals surface area (Å²) < 4.78 is 5.98. The fourth-order valence-corrected chi connectivity index (χ4v) is 1.85. The van der Waals surface area contributed by atoms with Gasteiger partial charge in [0.2, 0.25) is 0 Å². The second-order valence-electron chi connectivity index (χ2n) is 4.69. The zero-order valence-corrected chi connectivity index (χ0v) is 12.5. The molecule has 0 atom stereocenters. The van der Waals surface area contributed by atoms with E-state index in [-0.39, 0.29) is 16.2 Å². The molecule has 0 aliphatic rings. The van der Waals surface area contributed by atoms with Crippen molar-refractivity contribution in [2.45, 2.75) is 26.4 Å². The number of nitro benzene ring substituents is 1. The molecule has 0 bridgehead atoms. The van der Waals surface area contributed by atoms with Gasteiger partial charge in [0.05, 0.1) is 10.5 Å². The van der Waals surface area contributed by atoms with Gasteiger partial charge in [0, 0.05) is 35.4 Å². The minimum Gasteiger partial charge on any atom is -0.381 e. The molecule has 0 aliphatic heterocycles. The number of ether oxygens (including phenoxy) is 1. The molecule has 0 radical (unpaired) electrons. The summed E-state index contributed by atoms with van der Waals surface area (Å²) in [7, 11) is 1.65. The predicted octanol–water partition coefficient (Wildman–Crippen LogP) is 3.50. The van der Waals surface area contributed by atoms with Crippen LogP contribution in [0.1, 0.15) is 19.4 Å². The highest BCUT2D eigenvalue weighted by Crippen LogP contribution is 2.30. The summed E-state index contributed by atoms with van der Waals surface area (Å²) in [5, 5.41) is 14.0. The fourth-order valence-electron chi connectivity index (χ4n) is 1.38. The summed E-state index contributed by atoms with van der Waals surface area (Å²) in [6, 6.07) is 3.27. The number of nitrogens with zero attached hydrogens (tertiary/aromatic N) is 1. The molecule has 0 aliphatic carbocycles. The van der Waals surface area contributed by atoms with Crippen molar-refractivity contribution in [1.82, 2.24) is 0 Å². The maximum atomic E-state index is 10.8. The Kier molecular flexibility index (Phi) is 4.70. The summed E-state index contributed by atoms with van der Waals surface area (Å²) >= 11 is 3.33. The van der Waals surface area contributed by atoms with Crippen LogP contribution in [0.3, 0.4) is 0 Å². The number of hydrogen-bond donors (Lipinski definition) is 1. The Balaban J connectivity index is 2.92. The number of methoxy groups -OCH3 is 1. The lowest BCUT2D eigenvalue weighted by atomic mass is 10.1. The Hall–Kier alpha value is -1.14. The normalized spacial score (nSPS) is 11.4. The van der Waals surface area contributed by atoms with Crippen LogP contribution in [0.5, 0.6) is 0 Å². The van der Waals surface area contributed by atoms with E-state index in [1.807, 2.05) is 13.8 Å². The predicted molar refractivity (Wildman–Crippen MR) is 75.1 cm³/mol. The van der Waals surface area contributed by atoms with Crippen LogP contribution < -0.4 is 5.32 Å². The van der Waals surface area contributed by atoms with Crippen LogP contribution in [0.15, 0.2) is 16.6 Å². The van der Waals surface area contributed by atoms with Crippen molar-refractivity contribution in [2.24, 2.45) is 0 Å². The Labute approximate surface area is 115 Å². The molecule has 5 nitrogen and oxygen atoms in total. The molecule has 1 aromatic rings. The monoisotopic (exact) mass is 316 g/mol. The number of benzene rings is 1. The van der Waals surface area contributed by atoms with Crippen LogP contribution in [0.25, 0.3) is 0 Å². The standard InChI is InChI=1S/C12H17BrN2O3/c1-8-5-10(14-7-12(2,3)18-4)9(13)6-11(8)15(16)17/h5-6,14H,7H2,1-4H3. The molecular weight excluding hydrogens is 300 g/mol. The summed E-state index contributed by atoms with van der Waals surface area (Å²) in [6.45, 7) is 6.26. The van der Waals surface area contributed by atoms with Crippen LogP contribution in [0.4, 0.5) is 11.4 Å². The molecule has 1 rings (SSSR count). The molecule has 0 saturated carbocycles. The van der Waals surface area contributed by atoms with Crippen molar-refractivity contribution >= 4 is 27.3 Å².